The predicted octanol–water partition coefficient (Wildman–Crippen LogP) is 4.37. The minimum Gasteiger partial charge on any atom is -0.381 e. The Morgan fingerprint density at radius 1 is 0.917 bits per heavy atom. The average Bonchev–Trinajstić information content (AvgIpc) is 2.61. The molecule has 3 heteroatoms. The second-order valence-electron chi connectivity index (χ2n) is 5.78. The van der Waals surface area contributed by atoms with Crippen LogP contribution in [0.2, 0.25) is 0 Å². The third kappa shape index (κ3) is 3.46. The van der Waals surface area contributed by atoms with E-state index in [1.54, 1.807) is 6.07 Å². The van der Waals surface area contributed by atoms with Gasteiger partial charge in [-0.05, 0) is 41.3 Å². The van der Waals surface area contributed by atoms with Crippen molar-refractivity contribution >= 4 is 11.6 Å². The lowest BCUT2D eigenvalue weighted by Gasteiger charge is -2.11. The highest BCUT2D eigenvalue weighted by Crippen LogP contribution is 2.24. The number of nitrogens with two attached hydrogens (primary N) is 1. The first-order valence-electron chi connectivity index (χ1n) is 7.93. The summed E-state index contributed by atoms with van der Waals surface area (Å²) < 4.78 is 0. The summed E-state index contributed by atoms with van der Waals surface area (Å²) in [6.45, 7) is 2.84. The third-order valence-electron chi connectivity index (χ3n) is 4.09. The number of aryl methyl sites for hydroxylation is 1. The number of hydrogen-bond acceptors (Lipinski definition) is 2. The van der Waals surface area contributed by atoms with Crippen LogP contribution in [0.4, 0.5) is 5.69 Å². The standard InChI is InChI=1S/C21H20N2O/c1-15-6-2-5-9-20(15)23-14-16-10-12-17(13-11-16)18-7-3-4-8-19(18)21(22)24/h2-13,23H,14H2,1H3,(H2,22,24). The van der Waals surface area contributed by atoms with Crippen molar-refractivity contribution in [1.29, 1.82) is 0 Å². The van der Waals surface area contributed by atoms with Crippen molar-refractivity contribution in [1.82, 2.24) is 0 Å². The Hall–Kier alpha value is -3.07. The van der Waals surface area contributed by atoms with E-state index in [4.69, 9.17) is 5.73 Å². The molecule has 0 aliphatic rings. The Bertz CT molecular complexity index is 854. The van der Waals surface area contributed by atoms with Crippen molar-refractivity contribution in [3.8, 4) is 11.1 Å². The minimum absolute atomic E-state index is 0.407. The van der Waals surface area contributed by atoms with Gasteiger partial charge in [0.1, 0.15) is 0 Å². The molecule has 3 aromatic carbocycles. The molecule has 3 aromatic rings. The van der Waals surface area contributed by atoms with Crippen LogP contribution in [0.25, 0.3) is 11.1 Å². The summed E-state index contributed by atoms with van der Waals surface area (Å²) >= 11 is 0. The molecule has 0 atom stereocenters. The minimum atomic E-state index is -0.407. The summed E-state index contributed by atoms with van der Waals surface area (Å²) in [5, 5.41) is 3.44. The van der Waals surface area contributed by atoms with Crippen molar-refractivity contribution in [3.05, 3.63) is 89.5 Å². The maximum Gasteiger partial charge on any atom is 0.249 e. The maximum atomic E-state index is 11.6. The first kappa shape index (κ1) is 15.8. The van der Waals surface area contributed by atoms with Gasteiger partial charge in [0, 0.05) is 17.8 Å². The molecule has 0 saturated heterocycles. The van der Waals surface area contributed by atoms with E-state index in [0.717, 1.165) is 23.4 Å². The van der Waals surface area contributed by atoms with Crippen LogP contribution in [-0.4, -0.2) is 5.91 Å². The zero-order valence-electron chi connectivity index (χ0n) is 13.6. The Morgan fingerprint density at radius 2 is 1.58 bits per heavy atom. The molecule has 1 amide bonds. The normalized spacial score (nSPS) is 10.4. The van der Waals surface area contributed by atoms with Crippen molar-refractivity contribution in [2.24, 2.45) is 5.73 Å². The second-order valence-corrected chi connectivity index (χ2v) is 5.78. The van der Waals surface area contributed by atoms with Gasteiger partial charge in [0.25, 0.3) is 0 Å². The zero-order valence-corrected chi connectivity index (χ0v) is 13.6. The first-order chi connectivity index (χ1) is 11.6. The highest BCUT2D eigenvalue weighted by atomic mass is 16.1. The molecule has 0 aromatic heterocycles. The number of primary amides is 1. The van der Waals surface area contributed by atoms with Gasteiger partial charge < -0.3 is 11.1 Å². The number of hydrogen-bond donors (Lipinski definition) is 2. The molecule has 0 radical (unpaired) electrons. The summed E-state index contributed by atoms with van der Waals surface area (Å²) in [5.41, 5.74) is 11.4. The van der Waals surface area contributed by atoms with Gasteiger partial charge in [0.2, 0.25) is 5.91 Å². The van der Waals surface area contributed by atoms with Gasteiger partial charge in [0.05, 0.1) is 0 Å². The largest absolute Gasteiger partial charge is 0.381 e. The van der Waals surface area contributed by atoms with E-state index in [1.165, 1.54) is 11.1 Å². The van der Waals surface area contributed by atoms with Crippen LogP contribution in [0, 0.1) is 6.92 Å². The molecule has 3 N–H and O–H groups in total. The fourth-order valence-electron chi connectivity index (χ4n) is 2.72. The summed E-state index contributed by atoms with van der Waals surface area (Å²) in [4.78, 5) is 11.6. The van der Waals surface area contributed by atoms with Crippen LogP contribution in [0.15, 0.2) is 72.8 Å². The van der Waals surface area contributed by atoms with Crippen LogP contribution in [0.5, 0.6) is 0 Å². The quantitative estimate of drug-likeness (QED) is 0.734. The molecular weight excluding hydrogens is 296 g/mol. The Labute approximate surface area is 142 Å². The zero-order chi connectivity index (χ0) is 16.9. The topological polar surface area (TPSA) is 55.1 Å². The fourth-order valence-corrected chi connectivity index (χ4v) is 2.72. The van der Waals surface area contributed by atoms with Gasteiger partial charge in [-0.3, -0.25) is 4.79 Å². The average molecular weight is 316 g/mol. The molecule has 120 valence electrons. The number of benzene rings is 3. The number of anilines is 1. The molecule has 0 bridgehead atoms. The summed E-state index contributed by atoms with van der Waals surface area (Å²) in [7, 11) is 0. The van der Waals surface area contributed by atoms with Gasteiger partial charge >= 0.3 is 0 Å². The molecule has 0 spiro atoms. The second kappa shape index (κ2) is 7.01. The van der Waals surface area contributed by atoms with Crippen molar-refractivity contribution in [2.75, 3.05) is 5.32 Å². The van der Waals surface area contributed by atoms with E-state index >= 15 is 0 Å². The van der Waals surface area contributed by atoms with Gasteiger partial charge in [-0.25, -0.2) is 0 Å². The van der Waals surface area contributed by atoms with Crippen LogP contribution in [-0.2, 0) is 6.54 Å². The molecule has 0 heterocycles. The summed E-state index contributed by atoms with van der Waals surface area (Å²) in [5.74, 6) is -0.407. The van der Waals surface area contributed by atoms with Crippen LogP contribution in [0.3, 0.4) is 0 Å². The van der Waals surface area contributed by atoms with E-state index < -0.39 is 5.91 Å². The maximum absolute atomic E-state index is 11.6. The van der Waals surface area contributed by atoms with E-state index in [9.17, 15) is 4.79 Å². The molecular formula is C21H20N2O. The highest BCUT2D eigenvalue weighted by molar-refractivity contribution is 5.99. The van der Waals surface area contributed by atoms with Crippen LogP contribution < -0.4 is 11.1 Å². The highest BCUT2D eigenvalue weighted by Gasteiger charge is 2.08. The van der Waals surface area contributed by atoms with Crippen molar-refractivity contribution < 1.29 is 4.79 Å². The van der Waals surface area contributed by atoms with Crippen LogP contribution >= 0.6 is 0 Å². The Balaban J connectivity index is 1.77. The lowest BCUT2D eigenvalue weighted by molar-refractivity contribution is 0.100. The molecule has 3 rings (SSSR count). The van der Waals surface area contributed by atoms with Gasteiger partial charge in [-0.15, -0.1) is 0 Å². The molecule has 0 aliphatic carbocycles. The molecule has 3 nitrogen and oxygen atoms in total. The van der Waals surface area contributed by atoms with Crippen molar-refractivity contribution in [3.63, 3.8) is 0 Å². The first-order valence-corrected chi connectivity index (χ1v) is 7.93. The Morgan fingerprint density at radius 3 is 2.29 bits per heavy atom. The SMILES string of the molecule is Cc1ccccc1NCc1ccc(-c2ccccc2C(N)=O)cc1. The number of carbonyl (C=O) groups excluding carboxylic acids is 1. The number of carbonyl (C=O) groups is 1. The van der Waals surface area contributed by atoms with Crippen molar-refractivity contribution in [2.45, 2.75) is 13.5 Å². The molecule has 0 unspecified atom stereocenters. The van der Waals surface area contributed by atoms with Crippen LogP contribution in [0.1, 0.15) is 21.5 Å². The lowest BCUT2D eigenvalue weighted by atomic mass is 9.98. The Kier molecular flexibility index (Phi) is 4.62. The van der Waals surface area contributed by atoms with E-state index in [1.807, 2.05) is 42.5 Å². The molecule has 0 saturated carbocycles. The number of rotatable bonds is 5. The number of para-hydroxylation sites is 1. The number of nitrogens with one attached hydrogen (secondary N) is 1. The number of amides is 1. The van der Waals surface area contributed by atoms with E-state index in [-0.39, 0.29) is 0 Å². The summed E-state index contributed by atoms with van der Waals surface area (Å²) in [6, 6.07) is 23.8. The van der Waals surface area contributed by atoms with Gasteiger partial charge in [-0.2, -0.15) is 0 Å². The predicted molar refractivity (Wildman–Crippen MR) is 98.9 cm³/mol. The molecule has 0 aliphatic heterocycles. The van der Waals surface area contributed by atoms with E-state index in [2.05, 4.69) is 36.5 Å². The monoisotopic (exact) mass is 316 g/mol. The van der Waals surface area contributed by atoms with E-state index in [0.29, 0.717) is 5.56 Å². The molecule has 24 heavy (non-hydrogen) atoms. The third-order valence-corrected chi connectivity index (χ3v) is 4.09. The van der Waals surface area contributed by atoms with Gasteiger partial charge in [-0.1, -0.05) is 60.7 Å². The summed E-state index contributed by atoms with van der Waals surface area (Å²) in [6.07, 6.45) is 0. The van der Waals surface area contributed by atoms with Gasteiger partial charge in [0.15, 0.2) is 0 Å². The lowest BCUT2D eigenvalue weighted by Crippen LogP contribution is -2.12. The fraction of sp³-hybridized carbons (Fsp3) is 0.0952. The smallest absolute Gasteiger partial charge is 0.249 e. The molecule has 0 fully saturated rings.